The van der Waals surface area contributed by atoms with E-state index in [0.29, 0.717) is 11.0 Å². The van der Waals surface area contributed by atoms with Crippen LogP contribution < -0.4 is 4.90 Å². The summed E-state index contributed by atoms with van der Waals surface area (Å²) in [5.41, 5.74) is 7.81. The Labute approximate surface area is 212 Å². The smallest absolute Gasteiger partial charge is 0.253 e. The van der Waals surface area contributed by atoms with Gasteiger partial charge in [0.05, 0.1) is 0 Å². The maximum atomic E-state index is 12.2. The molecule has 4 heterocycles. The number of H-pyrrole nitrogens is 1. The molecular weight excluding hydrogens is 446 g/mol. The van der Waals surface area contributed by atoms with E-state index in [4.69, 9.17) is 0 Å². The largest absolute Gasteiger partial charge is 0.370 e. The zero-order valence-electron chi connectivity index (χ0n) is 21.3. The van der Waals surface area contributed by atoms with Crippen molar-refractivity contribution in [2.75, 3.05) is 52.2 Å². The highest BCUT2D eigenvalue weighted by Gasteiger charge is 2.44. The number of carbonyl (C=O) groups excluding carboxylic acids is 1. The molecule has 0 aliphatic carbocycles. The van der Waals surface area contributed by atoms with Crippen molar-refractivity contribution in [3.8, 4) is 22.3 Å². The van der Waals surface area contributed by atoms with Crippen molar-refractivity contribution in [2.45, 2.75) is 12.8 Å². The number of nitrogens with zero attached hydrogens (tertiary/aromatic N) is 4. The Hall–Kier alpha value is -3.64. The van der Waals surface area contributed by atoms with Crippen molar-refractivity contribution in [1.82, 2.24) is 19.8 Å². The lowest BCUT2D eigenvalue weighted by atomic mass is 9.72. The normalized spacial score (nSPS) is 17.4. The van der Waals surface area contributed by atoms with E-state index in [2.05, 4.69) is 57.1 Å². The third-order valence-electron chi connectivity index (χ3n) is 8.05. The third kappa shape index (κ3) is 4.05. The van der Waals surface area contributed by atoms with Crippen LogP contribution in [0.25, 0.3) is 33.3 Å². The van der Waals surface area contributed by atoms with Crippen molar-refractivity contribution in [3.05, 3.63) is 72.6 Å². The van der Waals surface area contributed by atoms with Crippen LogP contribution >= 0.6 is 0 Å². The van der Waals surface area contributed by atoms with Crippen LogP contribution in [0.15, 0.2) is 67.0 Å². The SMILES string of the molecule is CN1CCC2(CC1)CN(c1ccc(-c3cnc4[nH]cc(-c5ccc(C(=O)N(C)C)cc5)c4c3)cc1)C2. The number of likely N-dealkylation sites (tertiary alicyclic amines) is 1. The van der Waals surface area contributed by atoms with E-state index in [1.807, 2.05) is 36.7 Å². The van der Waals surface area contributed by atoms with Crippen molar-refractivity contribution in [1.29, 1.82) is 0 Å². The number of rotatable bonds is 4. The second-order valence-corrected chi connectivity index (χ2v) is 10.8. The first-order valence-corrected chi connectivity index (χ1v) is 12.7. The number of benzene rings is 2. The van der Waals surface area contributed by atoms with Crippen LogP contribution in [0, 0.1) is 5.41 Å². The minimum absolute atomic E-state index is 0.00705. The van der Waals surface area contributed by atoms with E-state index in [1.54, 1.807) is 19.0 Å². The predicted molar refractivity (Wildman–Crippen MR) is 146 cm³/mol. The van der Waals surface area contributed by atoms with Gasteiger partial charge in [-0.25, -0.2) is 4.98 Å². The van der Waals surface area contributed by atoms with Gasteiger partial charge in [0.1, 0.15) is 5.65 Å². The molecule has 2 aliphatic heterocycles. The molecule has 0 atom stereocenters. The molecular formula is C30H33N5O. The Bertz CT molecular complexity index is 1390. The summed E-state index contributed by atoms with van der Waals surface area (Å²) in [4.78, 5) is 26.8. The van der Waals surface area contributed by atoms with Crippen molar-refractivity contribution in [3.63, 3.8) is 0 Å². The van der Waals surface area contributed by atoms with Gasteiger partial charge in [-0.3, -0.25) is 4.79 Å². The van der Waals surface area contributed by atoms with Gasteiger partial charge in [0.2, 0.25) is 0 Å². The van der Waals surface area contributed by atoms with Gasteiger partial charge in [-0.2, -0.15) is 0 Å². The lowest BCUT2D eigenvalue weighted by molar-refractivity contribution is 0.0827. The fourth-order valence-corrected chi connectivity index (χ4v) is 5.67. The molecule has 1 amide bonds. The molecule has 2 aliphatic rings. The molecule has 1 N–H and O–H groups in total. The van der Waals surface area contributed by atoms with Crippen LogP contribution in [0.1, 0.15) is 23.2 Å². The maximum absolute atomic E-state index is 12.2. The Kier molecular flexibility index (Phi) is 5.56. The van der Waals surface area contributed by atoms with Crippen LogP contribution in [0.3, 0.4) is 0 Å². The number of hydrogen-bond donors (Lipinski definition) is 1. The molecule has 2 saturated heterocycles. The summed E-state index contributed by atoms with van der Waals surface area (Å²) in [6, 6.07) is 18.9. The Morgan fingerprint density at radius 1 is 0.944 bits per heavy atom. The van der Waals surface area contributed by atoms with E-state index < -0.39 is 0 Å². The average molecular weight is 480 g/mol. The van der Waals surface area contributed by atoms with Crippen LogP contribution in [0.5, 0.6) is 0 Å². The molecule has 0 radical (unpaired) electrons. The van der Waals surface area contributed by atoms with E-state index in [0.717, 1.165) is 27.7 Å². The molecule has 1 spiro atoms. The number of hydrogen-bond acceptors (Lipinski definition) is 4. The lowest BCUT2D eigenvalue weighted by Gasteiger charge is -2.54. The number of piperidine rings is 1. The summed E-state index contributed by atoms with van der Waals surface area (Å²) in [6.45, 7) is 4.81. The molecule has 184 valence electrons. The number of aromatic amines is 1. The van der Waals surface area contributed by atoms with E-state index in [-0.39, 0.29) is 5.91 Å². The van der Waals surface area contributed by atoms with Crippen LogP contribution in [0.4, 0.5) is 5.69 Å². The van der Waals surface area contributed by atoms with Crippen LogP contribution in [-0.2, 0) is 0 Å². The predicted octanol–water partition coefficient (Wildman–Crippen LogP) is 5.13. The summed E-state index contributed by atoms with van der Waals surface area (Å²) >= 11 is 0. The molecule has 2 fully saturated rings. The van der Waals surface area contributed by atoms with Gasteiger partial charge in [0, 0.05) is 72.8 Å². The molecule has 6 heteroatoms. The number of nitrogens with one attached hydrogen (secondary N) is 1. The van der Waals surface area contributed by atoms with Crippen molar-refractivity contribution >= 4 is 22.6 Å². The summed E-state index contributed by atoms with van der Waals surface area (Å²) < 4.78 is 0. The minimum Gasteiger partial charge on any atom is -0.370 e. The first-order chi connectivity index (χ1) is 17.4. The van der Waals surface area contributed by atoms with Crippen LogP contribution in [0.2, 0.25) is 0 Å². The van der Waals surface area contributed by atoms with Gasteiger partial charge in [0.25, 0.3) is 5.91 Å². The minimum atomic E-state index is 0.00705. The topological polar surface area (TPSA) is 55.5 Å². The van der Waals surface area contributed by atoms with Crippen molar-refractivity contribution < 1.29 is 4.79 Å². The number of fused-ring (bicyclic) bond motifs is 1. The molecule has 36 heavy (non-hydrogen) atoms. The molecule has 0 unspecified atom stereocenters. The highest BCUT2D eigenvalue weighted by molar-refractivity contribution is 5.98. The molecule has 2 aromatic carbocycles. The Balaban J connectivity index is 1.21. The fourth-order valence-electron chi connectivity index (χ4n) is 5.67. The summed E-state index contributed by atoms with van der Waals surface area (Å²) in [7, 11) is 5.77. The fraction of sp³-hybridized carbons (Fsp3) is 0.333. The highest BCUT2D eigenvalue weighted by Crippen LogP contribution is 2.42. The van der Waals surface area contributed by atoms with Gasteiger partial charge < -0.3 is 19.7 Å². The number of amides is 1. The molecule has 6 nitrogen and oxygen atoms in total. The zero-order chi connectivity index (χ0) is 24.9. The lowest BCUT2D eigenvalue weighted by Crippen LogP contribution is -2.60. The molecule has 4 aromatic rings. The monoisotopic (exact) mass is 479 g/mol. The standard InChI is InChI=1S/C30H33N5O/c1-33(2)29(36)23-6-4-22(5-7-23)27-18-32-28-26(27)16-24(17-31-28)21-8-10-25(11-9-21)35-19-30(20-35)12-14-34(3)15-13-30/h4-11,16-18H,12-15,19-20H2,1-3H3,(H,31,32). The van der Waals surface area contributed by atoms with Gasteiger partial charge in [-0.15, -0.1) is 0 Å². The van der Waals surface area contributed by atoms with Gasteiger partial charge in [-0.05, 0) is 74.4 Å². The third-order valence-corrected chi connectivity index (χ3v) is 8.05. The number of pyridine rings is 1. The zero-order valence-corrected chi connectivity index (χ0v) is 21.3. The molecule has 6 rings (SSSR count). The van der Waals surface area contributed by atoms with E-state index in [9.17, 15) is 4.79 Å². The maximum Gasteiger partial charge on any atom is 0.253 e. The first-order valence-electron chi connectivity index (χ1n) is 12.7. The molecule has 0 bridgehead atoms. The Morgan fingerprint density at radius 2 is 1.61 bits per heavy atom. The number of aromatic nitrogens is 2. The first kappa shape index (κ1) is 22.8. The summed E-state index contributed by atoms with van der Waals surface area (Å²) in [5, 5.41) is 1.08. The Morgan fingerprint density at radius 3 is 2.28 bits per heavy atom. The summed E-state index contributed by atoms with van der Waals surface area (Å²) in [6.07, 6.45) is 6.57. The van der Waals surface area contributed by atoms with Gasteiger partial charge in [0.15, 0.2) is 0 Å². The van der Waals surface area contributed by atoms with E-state index in [1.165, 1.54) is 50.3 Å². The highest BCUT2D eigenvalue weighted by atomic mass is 16.2. The number of carbonyl (C=O) groups is 1. The second-order valence-electron chi connectivity index (χ2n) is 10.8. The molecule has 2 aromatic heterocycles. The van der Waals surface area contributed by atoms with Gasteiger partial charge in [-0.1, -0.05) is 24.3 Å². The van der Waals surface area contributed by atoms with Gasteiger partial charge >= 0.3 is 0 Å². The quantitative estimate of drug-likeness (QED) is 0.441. The average Bonchev–Trinajstić information content (AvgIpc) is 3.31. The summed E-state index contributed by atoms with van der Waals surface area (Å²) in [5.74, 6) is 0.00705. The second kappa shape index (κ2) is 8.79. The molecule has 0 saturated carbocycles. The van der Waals surface area contributed by atoms with E-state index >= 15 is 0 Å². The number of anilines is 1. The van der Waals surface area contributed by atoms with Crippen molar-refractivity contribution in [2.24, 2.45) is 5.41 Å². The van der Waals surface area contributed by atoms with Crippen LogP contribution in [-0.4, -0.2) is 73.0 Å².